The number of halogens is 1. The largest absolute Gasteiger partial charge is 0.263 e. The minimum atomic E-state index is -3.66. The molecular weight excluding hydrogens is 376 g/mol. The zero-order valence-corrected chi connectivity index (χ0v) is 16.0. The minimum Gasteiger partial charge on any atom is -0.255 e. The third kappa shape index (κ3) is 4.21. The van der Waals surface area contributed by atoms with Crippen LogP contribution in [0.2, 0.25) is 5.02 Å². The molecule has 0 fully saturated rings. The van der Waals surface area contributed by atoms with Gasteiger partial charge in [-0.1, -0.05) is 55.3 Å². The molecule has 0 amide bonds. The average Bonchev–Trinajstić information content (AvgIpc) is 3.03. The number of anilines is 1. The van der Waals surface area contributed by atoms with Crippen LogP contribution in [0.3, 0.4) is 0 Å². The van der Waals surface area contributed by atoms with Gasteiger partial charge in [-0.25, -0.2) is 13.4 Å². The molecule has 0 saturated heterocycles. The number of aryl methyl sites for hydroxylation is 1. The van der Waals surface area contributed by atoms with Crippen molar-refractivity contribution in [1.29, 1.82) is 0 Å². The van der Waals surface area contributed by atoms with Crippen molar-refractivity contribution in [1.82, 2.24) is 4.98 Å². The first kappa shape index (κ1) is 17.9. The molecule has 0 aliphatic rings. The summed E-state index contributed by atoms with van der Waals surface area (Å²) in [5.74, 6) is 0. The van der Waals surface area contributed by atoms with Gasteiger partial charge < -0.3 is 0 Å². The van der Waals surface area contributed by atoms with Crippen molar-refractivity contribution in [3.63, 3.8) is 0 Å². The van der Waals surface area contributed by atoms with E-state index in [1.807, 2.05) is 30.3 Å². The number of benzene rings is 2. The van der Waals surface area contributed by atoms with E-state index in [0.29, 0.717) is 15.8 Å². The van der Waals surface area contributed by atoms with Gasteiger partial charge in [-0.2, -0.15) is 0 Å². The molecule has 0 aliphatic heterocycles. The van der Waals surface area contributed by atoms with Gasteiger partial charge in [-0.3, -0.25) is 4.72 Å². The average molecular weight is 393 g/mol. The SMILES string of the molecule is CCCc1ccc(S(=O)(=O)Nc2nc(-c3ccccc3Cl)cs2)cc1. The molecule has 0 saturated carbocycles. The fourth-order valence-electron chi connectivity index (χ4n) is 2.41. The Labute approximate surface area is 156 Å². The van der Waals surface area contributed by atoms with Crippen LogP contribution in [0.5, 0.6) is 0 Å². The van der Waals surface area contributed by atoms with Gasteiger partial charge >= 0.3 is 0 Å². The molecule has 0 aliphatic carbocycles. The van der Waals surface area contributed by atoms with Crippen LogP contribution in [0, 0.1) is 0 Å². The lowest BCUT2D eigenvalue weighted by Gasteiger charge is -2.06. The molecule has 7 heteroatoms. The van der Waals surface area contributed by atoms with E-state index in [2.05, 4.69) is 16.6 Å². The Balaban J connectivity index is 1.81. The lowest BCUT2D eigenvalue weighted by Crippen LogP contribution is -2.12. The maximum Gasteiger partial charge on any atom is 0.263 e. The molecule has 130 valence electrons. The van der Waals surface area contributed by atoms with E-state index in [1.54, 1.807) is 23.6 Å². The second-order valence-electron chi connectivity index (χ2n) is 5.52. The summed E-state index contributed by atoms with van der Waals surface area (Å²) < 4.78 is 27.6. The fraction of sp³-hybridized carbons (Fsp3) is 0.167. The second kappa shape index (κ2) is 7.56. The second-order valence-corrected chi connectivity index (χ2v) is 8.46. The maximum absolute atomic E-state index is 12.5. The number of aromatic nitrogens is 1. The number of sulfonamides is 1. The van der Waals surface area contributed by atoms with E-state index in [1.165, 1.54) is 11.3 Å². The Hall–Kier alpha value is -1.89. The predicted molar refractivity (Wildman–Crippen MR) is 104 cm³/mol. The monoisotopic (exact) mass is 392 g/mol. The van der Waals surface area contributed by atoms with E-state index in [9.17, 15) is 8.42 Å². The minimum absolute atomic E-state index is 0.224. The van der Waals surface area contributed by atoms with E-state index >= 15 is 0 Å². The summed E-state index contributed by atoms with van der Waals surface area (Å²) in [4.78, 5) is 4.57. The Kier molecular flexibility index (Phi) is 5.42. The van der Waals surface area contributed by atoms with Gasteiger partial charge in [0.05, 0.1) is 10.6 Å². The lowest BCUT2D eigenvalue weighted by atomic mass is 10.1. The van der Waals surface area contributed by atoms with Crippen LogP contribution in [-0.2, 0) is 16.4 Å². The van der Waals surface area contributed by atoms with Crippen LogP contribution in [-0.4, -0.2) is 13.4 Å². The number of nitrogens with one attached hydrogen (secondary N) is 1. The molecule has 0 unspecified atom stereocenters. The molecular formula is C18H17ClN2O2S2. The zero-order chi connectivity index (χ0) is 17.9. The highest BCUT2D eigenvalue weighted by Crippen LogP contribution is 2.31. The fourth-order valence-corrected chi connectivity index (χ4v) is 4.61. The Morgan fingerprint density at radius 1 is 1.12 bits per heavy atom. The van der Waals surface area contributed by atoms with Crippen molar-refractivity contribution in [3.05, 3.63) is 64.5 Å². The molecule has 3 aromatic rings. The highest BCUT2D eigenvalue weighted by atomic mass is 35.5. The third-order valence-electron chi connectivity index (χ3n) is 3.65. The molecule has 4 nitrogen and oxygen atoms in total. The summed E-state index contributed by atoms with van der Waals surface area (Å²) in [5.41, 5.74) is 2.54. The first-order valence-electron chi connectivity index (χ1n) is 7.82. The van der Waals surface area contributed by atoms with Crippen molar-refractivity contribution in [2.24, 2.45) is 0 Å². The highest BCUT2D eigenvalue weighted by molar-refractivity contribution is 7.93. The number of nitrogens with zero attached hydrogens (tertiary/aromatic N) is 1. The van der Waals surface area contributed by atoms with Gasteiger partial charge in [-0.15, -0.1) is 11.3 Å². The number of rotatable bonds is 6. The molecule has 1 aromatic heterocycles. The number of hydrogen-bond acceptors (Lipinski definition) is 4. The Bertz CT molecular complexity index is 967. The van der Waals surface area contributed by atoms with Gasteiger partial charge in [0.1, 0.15) is 0 Å². The van der Waals surface area contributed by atoms with Crippen LogP contribution in [0.4, 0.5) is 5.13 Å². The molecule has 0 atom stereocenters. The van der Waals surface area contributed by atoms with Gasteiger partial charge in [0.25, 0.3) is 10.0 Å². The smallest absolute Gasteiger partial charge is 0.255 e. The van der Waals surface area contributed by atoms with Crippen LogP contribution < -0.4 is 4.72 Å². The quantitative estimate of drug-likeness (QED) is 0.625. The van der Waals surface area contributed by atoms with Gasteiger partial charge in [0, 0.05) is 16.0 Å². The molecule has 0 bridgehead atoms. The molecule has 0 spiro atoms. The van der Waals surface area contributed by atoms with Crippen molar-refractivity contribution >= 4 is 38.1 Å². The van der Waals surface area contributed by atoms with E-state index in [0.717, 1.165) is 24.0 Å². The highest BCUT2D eigenvalue weighted by Gasteiger charge is 2.17. The summed E-state index contributed by atoms with van der Waals surface area (Å²) in [6.07, 6.45) is 1.95. The van der Waals surface area contributed by atoms with Crippen molar-refractivity contribution in [3.8, 4) is 11.3 Å². The van der Waals surface area contributed by atoms with Crippen LogP contribution in [0.15, 0.2) is 58.8 Å². The summed E-state index contributed by atoms with van der Waals surface area (Å²) in [6, 6.07) is 14.3. The molecule has 2 aromatic carbocycles. The summed E-state index contributed by atoms with van der Waals surface area (Å²) in [7, 11) is -3.66. The molecule has 1 heterocycles. The topological polar surface area (TPSA) is 59.1 Å². The standard InChI is InChI=1S/C18H17ClN2O2S2/c1-2-5-13-8-10-14(11-9-13)25(22,23)21-18-20-17(12-24-18)15-6-3-4-7-16(15)19/h3-4,6-12H,2,5H2,1H3,(H,20,21). The molecule has 1 N–H and O–H groups in total. The molecule has 0 radical (unpaired) electrons. The summed E-state index contributed by atoms with van der Waals surface area (Å²) in [5, 5.41) is 2.67. The van der Waals surface area contributed by atoms with Gasteiger partial charge in [0.15, 0.2) is 5.13 Å². The zero-order valence-electron chi connectivity index (χ0n) is 13.6. The normalized spacial score (nSPS) is 11.4. The van der Waals surface area contributed by atoms with Crippen molar-refractivity contribution < 1.29 is 8.42 Å². The van der Waals surface area contributed by atoms with E-state index in [-0.39, 0.29) is 4.90 Å². The van der Waals surface area contributed by atoms with Crippen molar-refractivity contribution in [2.75, 3.05) is 4.72 Å². The predicted octanol–water partition coefficient (Wildman–Crippen LogP) is 5.22. The Morgan fingerprint density at radius 2 is 1.84 bits per heavy atom. The van der Waals surface area contributed by atoms with Crippen LogP contribution >= 0.6 is 22.9 Å². The van der Waals surface area contributed by atoms with Gasteiger partial charge in [-0.05, 0) is 30.2 Å². The van der Waals surface area contributed by atoms with Crippen molar-refractivity contribution in [2.45, 2.75) is 24.7 Å². The van der Waals surface area contributed by atoms with Crippen LogP contribution in [0.1, 0.15) is 18.9 Å². The number of hydrogen-bond donors (Lipinski definition) is 1. The first-order chi connectivity index (χ1) is 12.0. The number of thiazole rings is 1. The van der Waals surface area contributed by atoms with E-state index < -0.39 is 10.0 Å². The summed E-state index contributed by atoms with van der Waals surface area (Å²) in [6.45, 7) is 2.09. The molecule has 25 heavy (non-hydrogen) atoms. The Morgan fingerprint density at radius 3 is 2.52 bits per heavy atom. The maximum atomic E-state index is 12.5. The first-order valence-corrected chi connectivity index (χ1v) is 10.6. The lowest BCUT2D eigenvalue weighted by molar-refractivity contribution is 0.601. The van der Waals surface area contributed by atoms with E-state index in [4.69, 9.17) is 11.6 Å². The van der Waals surface area contributed by atoms with Crippen LogP contribution in [0.25, 0.3) is 11.3 Å². The molecule has 3 rings (SSSR count). The summed E-state index contributed by atoms with van der Waals surface area (Å²) >= 11 is 7.39. The third-order valence-corrected chi connectivity index (χ3v) is 6.22. The van der Waals surface area contributed by atoms with Gasteiger partial charge in [0.2, 0.25) is 0 Å².